The number of carbonyl (C=O) groups is 1. The van der Waals surface area contributed by atoms with Crippen LogP contribution < -0.4 is 23.7 Å². The number of carbonyl (C=O) groups excluding carboxylic acids is 1. The first-order valence-electron chi connectivity index (χ1n) is 11.3. The molecule has 1 saturated carbocycles. The molecule has 1 aliphatic carbocycles. The lowest BCUT2D eigenvalue weighted by molar-refractivity contribution is 0.0567. The van der Waals surface area contributed by atoms with Crippen LogP contribution in [0.4, 0.5) is 0 Å². The summed E-state index contributed by atoms with van der Waals surface area (Å²) in [6.07, 6.45) is 6.60. The number of methoxy groups -OCH3 is 3. The third-order valence-electron chi connectivity index (χ3n) is 6.81. The number of hydrogen-bond acceptors (Lipinski definition) is 7. The Morgan fingerprint density at radius 2 is 1.82 bits per heavy atom. The van der Waals surface area contributed by atoms with Gasteiger partial charge in [0.25, 0.3) is 0 Å². The van der Waals surface area contributed by atoms with Gasteiger partial charge in [-0.3, -0.25) is 9.69 Å². The lowest BCUT2D eigenvalue weighted by Gasteiger charge is -2.34. The van der Waals surface area contributed by atoms with Gasteiger partial charge in [-0.1, -0.05) is 12.8 Å². The van der Waals surface area contributed by atoms with Gasteiger partial charge in [0.15, 0.2) is 17.3 Å². The summed E-state index contributed by atoms with van der Waals surface area (Å²) >= 11 is 0. The lowest BCUT2D eigenvalue weighted by atomic mass is 9.98. The fraction of sp³-hybridized carbons (Fsp3) is 0.423. The maximum absolute atomic E-state index is 13.4. The number of rotatable bonds is 5. The van der Waals surface area contributed by atoms with Crippen molar-refractivity contribution in [2.75, 3.05) is 28.1 Å². The van der Waals surface area contributed by atoms with E-state index in [9.17, 15) is 4.79 Å². The Morgan fingerprint density at radius 3 is 2.52 bits per heavy atom. The molecule has 0 bridgehead atoms. The van der Waals surface area contributed by atoms with Crippen LogP contribution in [0.15, 0.2) is 24.0 Å². The van der Waals surface area contributed by atoms with E-state index in [2.05, 4.69) is 4.90 Å². The van der Waals surface area contributed by atoms with Crippen molar-refractivity contribution < 1.29 is 28.5 Å². The van der Waals surface area contributed by atoms with E-state index in [1.807, 2.05) is 19.1 Å². The summed E-state index contributed by atoms with van der Waals surface area (Å²) in [5.41, 5.74) is 3.08. The number of ketones is 1. The molecular weight excluding hydrogens is 422 g/mol. The highest BCUT2D eigenvalue weighted by atomic mass is 16.5. The Bertz CT molecular complexity index is 1130. The Kier molecular flexibility index (Phi) is 5.66. The third-order valence-corrected chi connectivity index (χ3v) is 6.81. The second-order valence-electron chi connectivity index (χ2n) is 8.70. The molecule has 2 heterocycles. The Morgan fingerprint density at radius 1 is 1.06 bits per heavy atom. The van der Waals surface area contributed by atoms with Crippen molar-refractivity contribution in [2.45, 2.75) is 45.2 Å². The predicted molar refractivity (Wildman–Crippen MR) is 124 cm³/mol. The van der Waals surface area contributed by atoms with Crippen LogP contribution in [0, 0.1) is 6.92 Å². The maximum atomic E-state index is 13.4. The van der Waals surface area contributed by atoms with Gasteiger partial charge in [-0.15, -0.1) is 0 Å². The van der Waals surface area contributed by atoms with Gasteiger partial charge in [0.05, 0.1) is 32.5 Å². The minimum atomic E-state index is -0.139. The van der Waals surface area contributed by atoms with Crippen molar-refractivity contribution in [3.05, 3.63) is 46.2 Å². The number of benzene rings is 2. The maximum Gasteiger partial charge on any atom is 0.232 e. The van der Waals surface area contributed by atoms with E-state index in [1.54, 1.807) is 33.5 Å². The average molecular weight is 452 g/mol. The van der Waals surface area contributed by atoms with E-state index in [-0.39, 0.29) is 11.5 Å². The molecule has 0 saturated heterocycles. The van der Waals surface area contributed by atoms with Gasteiger partial charge in [0, 0.05) is 18.2 Å². The quantitative estimate of drug-likeness (QED) is 0.609. The molecule has 0 spiro atoms. The van der Waals surface area contributed by atoms with Crippen LogP contribution in [0.2, 0.25) is 0 Å². The number of Topliss-reactive ketones (excluding diaryl/α,β-unsaturated/α-hetero) is 1. The zero-order valence-corrected chi connectivity index (χ0v) is 19.5. The van der Waals surface area contributed by atoms with Crippen LogP contribution in [0.25, 0.3) is 6.08 Å². The molecule has 0 aromatic heterocycles. The van der Waals surface area contributed by atoms with Crippen LogP contribution in [-0.4, -0.2) is 44.8 Å². The van der Waals surface area contributed by atoms with Gasteiger partial charge in [0.1, 0.15) is 18.2 Å². The van der Waals surface area contributed by atoms with Crippen LogP contribution in [-0.2, 0) is 6.54 Å². The Hall–Kier alpha value is -3.19. The van der Waals surface area contributed by atoms with Gasteiger partial charge < -0.3 is 23.7 Å². The second-order valence-corrected chi connectivity index (χ2v) is 8.70. The largest absolute Gasteiger partial charge is 0.493 e. The minimum Gasteiger partial charge on any atom is -0.493 e. The van der Waals surface area contributed by atoms with Crippen LogP contribution >= 0.6 is 0 Å². The minimum absolute atomic E-state index is 0.139. The molecule has 0 unspecified atom stereocenters. The highest BCUT2D eigenvalue weighted by Crippen LogP contribution is 2.46. The molecule has 3 aliphatic rings. The lowest BCUT2D eigenvalue weighted by Crippen LogP contribution is -2.39. The number of ether oxygens (including phenoxy) is 5. The summed E-state index contributed by atoms with van der Waals surface area (Å²) in [4.78, 5) is 15.7. The topological polar surface area (TPSA) is 66.5 Å². The number of nitrogens with zero attached hydrogens (tertiary/aromatic N) is 1. The van der Waals surface area contributed by atoms with Crippen molar-refractivity contribution >= 4 is 11.9 Å². The molecular formula is C26H29NO6. The van der Waals surface area contributed by atoms with Crippen molar-refractivity contribution in [3.8, 4) is 28.7 Å². The fourth-order valence-corrected chi connectivity index (χ4v) is 5.13. The van der Waals surface area contributed by atoms with E-state index in [0.717, 1.165) is 23.4 Å². The molecule has 174 valence electrons. The number of allylic oxidation sites excluding steroid dienone is 1. The Balaban J connectivity index is 1.53. The van der Waals surface area contributed by atoms with Crippen molar-refractivity contribution in [2.24, 2.45) is 0 Å². The zero-order valence-electron chi connectivity index (χ0n) is 19.5. The molecule has 2 aromatic carbocycles. The smallest absolute Gasteiger partial charge is 0.232 e. The highest BCUT2D eigenvalue weighted by molar-refractivity contribution is 6.16. The van der Waals surface area contributed by atoms with Crippen LogP contribution in [0.5, 0.6) is 28.7 Å². The number of aryl methyl sites for hydroxylation is 1. The van der Waals surface area contributed by atoms with E-state index in [4.69, 9.17) is 23.7 Å². The molecule has 0 radical (unpaired) electrons. The first-order chi connectivity index (χ1) is 16.0. The monoisotopic (exact) mass is 451 g/mol. The van der Waals surface area contributed by atoms with Crippen LogP contribution in [0.3, 0.4) is 0 Å². The summed E-state index contributed by atoms with van der Waals surface area (Å²) in [6.45, 7) is 3.23. The van der Waals surface area contributed by atoms with Gasteiger partial charge in [-0.2, -0.15) is 0 Å². The summed E-state index contributed by atoms with van der Waals surface area (Å²) in [5, 5.41) is 0. The normalized spacial score (nSPS) is 19.2. The molecule has 0 amide bonds. The average Bonchev–Trinajstić information content (AvgIpc) is 3.48. The third kappa shape index (κ3) is 3.60. The summed E-state index contributed by atoms with van der Waals surface area (Å²) in [5.74, 6) is 3.02. The van der Waals surface area contributed by atoms with E-state index >= 15 is 0 Å². The predicted octanol–water partition coefficient (Wildman–Crippen LogP) is 4.73. The molecule has 0 atom stereocenters. The van der Waals surface area contributed by atoms with Gasteiger partial charge >= 0.3 is 0 Å². The molecule has 2 aliphatic heterocycles. The number of hydrogen-bond donors (Lipinski definition) is 0. The summed E-state index contributed by atoms with van der Waals surface area (Å²) in [7, 11) is 4.68. The standard InChI is InChI=1S/C26H29NO6/c1-15-11-20-18(13-27(14-32-20)17-7-5-6-8-17)25-22(15)23(28)21(33-25)12-16-9-10-19(29-2)26(31-4)24(16)30-3/h9-12,17H,5-8,13-14H2,1-4H3/b21-12-. The number of fused-ring (bicyclic) bond motifs is 3. The fourth-order valence-electron chi connectivity index (χ4n) is 5.13. The van der Waals surface area contributed by atoms with Gasteiger partial charge in [-0.05, 0) is 49.6 Å². The van der Waals surface area contributed by atoms with Gasteiger partial charge in [0.2, 0.25) is 11.5 Å². The SMILES string of the molecule is COc1ccc(/C=C2\Oc3c4c(cc(C)c3C2=O)OCN(C2CCCC2)C4)c(OC)c1OC. The van der Waals surface area contributed by atoms with Crippen LogP contribution in [0.1, 0.15) is 52.7 Å². The summed E-state index contributed by atoms with van der Waals surface area (Å²) < 4.78 is 28.7. The molecule has 0 N–H and O–H groups in total. The molecule has 33 heavy (non-hydrogen) atoms. The first kappa shape index (κ1) is 21.6. The van der Waals surface area contributed by atoms with E-state index < -0.39 is 0 Å². The Labute approximate surface area is 193 Å². The second kappa shape index (κ2) is 8.63. The molecule has 1 fully saturated rings. The van der Waals surface area contributed by atoms with E-state index in [1.165, 1.54) is 25.7 Å². The van der Waals surface area contributed by atoms with Crippen molar-refractivity contribution in [1.82, 2.24) is 4.90 Å². The zero-order chi connectivity index (χ0) is 23.1. The summed E-state index contributed by atoms with van der Waals surface area (Å²) in [6, 6.07) is 6.08. The molecule has 7 heteroatoms. The van der Waals surface area contributed by atoms with Gasteiger partial charge in [-0.25, -0.2) is 0 Å². The van der Waals surface area contributed by atoms with E-state index in [0.29, 0.717) is 46.9 Å². The van der Waals surface area contributed by atoms with Crippen molar-refractivity contribution in [1.29, 1.82) is 0 Å². The molecule has 2 aromatic rings. The highest BCUT2D eigenvalue weighted by Gasteiger charge is 2.37. The van der Waals surface area contributed by atoms with Crippen molar-refractivity contribution in [3.63, 3.8) is 0 Å². The molecule has 5 rings (SSSR count). The first-order valence-corrected chi connectivity index (χ1v) is 11.3. The molecule has 7 nitrogen and oxygen atoms in total.